The average Bonchev–Trinajstić information content (AvgIpc) is 3.23. The molecule has 0 spiro atoms. The number of methoxy groups -OCH3 is 1. The SMILES string of the molecule is COCCCn1nnnc1-c1cc(-c2ccc(-c3ccccc3)cc2)c(O)cc1O. The molecule has 0 radical (unpaired) electrons. The van der Waals surface area contributed by atoms with Crippen molar-refractivity contribution in [3.05, 3.63) is 66.7 Å². The zero-order valence-electron chi connectivity index (χ0n) is 16.6. The van der Waals surface area contributed by atoms with Crippen molar-refractivity contribution in [2.24, 2.45) is 0 Å². The number of aromatic hydroxyl groups is 2. The molecule has 0 unspecified atom stereocenters. The van der Waals surface area contributed by atoms with E-state index in [4.69, 9.17) is 4.74 Å². The lowest BCUT2D eigenvalue weighted by Gasteiger charge is -2.11. The maximum Gasteiger partial charge on any atom is 0.185 e. The molecule has 0 aliphatic carbocycles. The highest BCUT2D eigenvalue weighted by Gasteiger charge is 2.17. The normalized spacial score (nSPS) is 11.0. The number of aryl methyl sites for hydroxylation is 1. The van der Waals surface area contributed by atoms with Gasteiger partial charge in [0.05, 0.1) is 5.56 Å². The van der Waals surface area contributed by atoms with Crippen LogP contribution in [-0.4, -0.2) is 44.1 Å². The first-order valence-corrected chi connectivity index (χ1v) is 9.64. The summed E-state index contributed by atoms with van der Waals surface area (Å²) in [7, 11) is 1.64. The largest absolute Gasteiger partial charge is 0.507 e. The highest BCUT2D eigenvalue weighted by atomic mass is 16.5. The summed E-state index contributed by atoms with van der Waals surface area (Å²) in [4.78, 5) is 0. The standard InChI is InChI=1S/C23H22N4O3/c1-30-13-5-12-27-23(24-25-26-27)20-14-19(21(28)15-22(20)29)18-10-8-17(9-11-18)16-6-3-2-4-7-16/h2-4,6-11,14-15,28-29H,5,12-13H2,1H3. The summed E-state index contributed by atoms with van der Waals surface area (Å²) in [5.74, 6) is 0.341. The van der Waals surface area contributed by atoms with E-state index in [9.17, 15) is 10.2 Å². The molecule has 4 aromatic rings. The van der Waals surface area contributed by atoms with Crippen LogP contribution in [0.4, 0.5) is 0 Å². The minimum Gasteiger partial charge on any atom is -0.507 e. The number of phenolic OH excluding ortho intramolecular Hbond substituents is 2. The van der Waals surface area contributed by atoms with Gasteiger partial charge in [-0.15, -0.1) is 5.10 Å². The Morgan fingerprint density at radius 1 is 0.833 bits per heavy atom. The third-order valence-corrected chi connectivity index (χ3v) is 4.91. The van der Waals surface area contributed by atoms with Gasteiger partial charge in [0.1, 0.15) is 11.5 Å². The van der Waals surface area contributed by atoms with Crippen molar-refractivity contribution < 1.29 is 14.9 Å². The Labute approximate surface area is 174 Å². The highest BCUT2D eigenvalue weighted by Crippen LogP contribution is 2.39. The Morgan fingerprint density at radius 2 is 1.50 bits per heavy atom. The number of tetrazole rings is 1. The van der Waals surface area contributed by atoms with Gasteiger partial charge >= 0.3 is 0 Å². The Bertz CT molecular complexity index is 1130. The zero-order chi connectivity index (χ0) is 20.9. The fourth-order valence-corrected chi connectivity index (χ4v) is 3.37. The number of hydrogen-bond acceptors (Lipinski definition) is 6. The summed E-state index contributed by atoms with van der Waals surface area (Å²) in [6.45, 7) is 1.14. The molecule has 7 heteroatoms. The van der Waals surface area contributed by atoms with E-state index in [0.29, 0.717) is 30.1 Å². The van der Waals surface area contributed by atoms with Crippen molar-refractivity contribution in [1.82, 2.24) is 20.2 Å². The lowest BCUT2D eigenvalue weighted by atomic mass is 9.98. The highest BCUT2D eigenvalue weighted by molar-refractivity contribution is 5.80. The molecule has 1 heterocycles. The molecule has 30 heavy (non-hydrogen) atoms. The summed E-state index contributed by atoms with van der Waals surface area (Å²) < 4.78 is 6.70. The molecule has 4 rings (SSSR count). The van der Waals surface area contributed by atoms with Crippen LogP contribution in [0, 0.1) is 0 Å². The van der Waals surface area contributed by atoms with Gasteiger partial charge in [0.15, 0.2) is 5.82 Å². The Hall–Kier alpha value is -3.71. The van der Waals surface area contributed by atoms with E-state index in [1.165, 1.54) is 6.07 Å². The van der Waals surface area contributed by atoms with Gasteiger partial charge in [-0.1, -0.05) is 54.6 Å². The predicted molar refractivity (Wildman–Crippen MR) is 114 cm³/mol. The molecule has 2 N–H and O–H groups in total. The third-order valence-electron chi connectivity index (χ3n) is 4.91. The van der Waals surface area contributed by atoms with Crippen LogP contribution >= 0.6 is 0 Å². The van der Waals surface area contributed by atoms with Crippen LogP contribution in [0.3, 0.4) is 0 Å². The average molecular weight is 402 g/mol. The van der Waals surface area contributed by atoms with Crippen molar-refractivity contribution in [1.29, 1.82) is 0 Å². The molecule has 152 valence electrons. The second kappa shape index (κ2) is 8.75. The van der Waals surface area contributed by atoms with Crippen molar-refractivity contribution in [3.8, 4) is 45.1 Å². The second-order valence-electron chi connectivity index (χ2n) is 6.90. The second-order valence-corrected chi connectivity index (χ2v) is 6.90. The number of phenols is 2. The van der Waals surface area contributed by atoms with Gasteiger partial charge in [0.2, 0.25) is 0 Å². The first kappa shape index (κ1) is 19.6. The maximum atomic E-state index is 10.5. The van der Waals surface area contributed by atoms with Crippen molar-refractivity contribution in [2.45, 2.75) is 13.0 Å². The van der Waals surface area contributed by atoms with Gasteiger partial charge in [-0.25, -0.2) is 4.68 Å². The van der Waals surface area contributed by atoms with Crippen LogP contribution in [0.25, 0.3) is 33.6 Å². The van der Waals surface area contributed by atoms with Crippen molar-refractivity contribution in [2.75, 3.05) is 13.7 Å². The smallest absolute Gasteiger partial charge is 0.185 e. The van der Waals surface area contributed by atoms with Crippen LogP contribution in [0.15, 0.2) is 66.7 Å². The molecule has 0 amide bonds. The molecule has 0 aliphatic rings. The van der Waals surface area contributed by atoms with Gasteiger partial charge in [-0.05, 0) is 39.6 Å². The molecular weight excluding hydrogens is 380 g/mol. The number of ether oxygens (including phenoxy) is 1. The van der Waals surface area contributed by atoms with Gasteiger partial charge in [0.25, 0.3) is 0 Å². The van der Waals surface area contributed by atoms with Crippen LogP contribution in [0.2, 0.25) is 0 Å². The molecule has 0 atom stereocenters. The topological polar surface area (TPSA) is 93.3 Å². The van der Waals surface area contributed by atoms with E-state index in [0.717, 1.165) is 23.1 Å². The Morgan fingerprint density at radius 3 is 2.23 bits per heavy atom. The summed E-state index contributed by atoms with van der Waals surface area (Å²) in [6.07, 6.45) is 0.737. The van der Waals surface area contributed by atoms with Crippen LogP contribution in [-0.2, 0) is 11.3 Å². The number of aromatic nitrogens is 4. The molecule has 0 saturated carbocycles. The van der Waals surface area contributed by atoms with Crippen LogP contribution in [0.1, 0.15) is 6.42 Å². The molecule has 1 aromatic heterocycles. The van der Waals surface area contributed by atoms with E-state index in [2.05, 4.69) is 27.7 Å². The summed E-state index contributed by atoms with van der Waals surface area (Å²) in [5.41, 5.74) is 4.08. The maximum absolute atomic E-state index is 10.5. The monoisotopic (exact) mass is 402 g/mol. The lowest BCUT2D eigenvalue weighted by molar-refractivity contribution is 0.189. The van der Waals surface area contributed by atoms with Gasteiger partial charge in [-0.2, -0.15) is 0 Å². The van der Waals surface area contributed by atoms with E-state index < -0.39 is 0 Å². The summed E-state index contributed by atoms with van der Waals surface area (Å²) in [6, 6.07) is 21.0. The van der Waals surface area contributed by atoms with Gasteiger partial charge in [-0.3, -0.25) is 0 Å². The van der Waals surface area contributed by atoms with Gasteiger partial charge < -0.3 is 14.9 Å². The lowest BCUT2D eigenvalue weighted by Crippen LogP contribution is -2.05. The molecule has 0 saturated heterocycles. The fraction of sp³-hybridized carbons (Fsp3) is 0.174. The van der Waals surface area contributed by atoms with Crippen LogP contribution in [0.5, 0.6) is 11.5 Å². The van der Waals surface area contributed by atoms with E-state index in [1.54, 1.807) is 17.9 Å². The first-order valence-electron chi connectivity index (χ1n) is 9.64. The number of nitrogens with zero attached hydrogens (tertiary/aromatic N) is 4. The number of rotatable bonds is 7. The molecule has 0 fully saturated rings. The van der Waals surface area contributed by atoms with E-state index in [1.807, 2.05) is 42.5 Å². The Kier molecular flexibility index (Phi) is 5.72. The predicted octanol–water partition coefficient (Wildman–Crippen LogP) is 4.12. The van der Waals surface area contributed by atoms with E-state index >= 15 is 0 Å². The van der Waals surface area contributed by atoms with E-state index in [-0.39, 0.29) is 11.5 Å². The first-order chi connectivity index (χ1) is 14.7. The Balaban J connectivity index is 1.68. The number of benzene rings is 3. The minimum atomic E-state index is -0.0834. The quantitative estimate of drug-likeness (QED) is 0.452. The molecule has 3 aromatic carbocycles. The molecule has 0 aliphatic heterocycles. The third kappa shape index (κ3) is 4.01. The number of hydrogen-bond donors (Lipinski definition) is 2. The zero-order valence-corrected chi connectivity index (χ0v) is 16.6. The fourth-order valence-electron chi connectivity index (χ4n) is 3.37. The summed E-state index contributed by atoms with van der Waals surface area (Å²) in [5, 5.41) is 32.7. The summed E-state index contributed by atoms with van der Waals surface area (Å²) >= 11 is 0. The molecular formula is C23H22N4O3. The van der Waals surface area contributed by atoms with Gasteiger partial charge in [0, 0.05) is 31.9 Å². The minimum absolute atomic E-state index is 0.0119. The van der Waals surface area contributed by atoms with Crippen molar-refractivity contribution >= 4 is 0 Å². The van der Waals surface area contributed by atoms with Crippen LogP contribution < -0.4 is 0 Å². The van der Waals surface area contributed by atoms with Crippen molar-refractivity contribution in [3.63, 3.8) is 0 Å². The molecule has 7 nitrogen and oxygen atoms in total. The molecule has 0 bridgehead atoms.